The number of carbonyl (C=O) groups excluding carboxylic acids is 1. The van der Waals surface area contributed by atoms with Crippen molar-refractivity contribution in [1.29, 1.82) is 0 Å². The molecule has 13 heavy (non-hydrogen) atoms. The molecular formula is C12H12O. The molecule has 3 rings (SSSR count). The molecule has 2 unspecified atom stereocenters. The van der Waals surface area contributed by atoms with Crippen LogP contribution >= 0.6 is 0 Å². The van der Waals surface area contributed by atoms with Crippen LogP contribution in [0.3, 0.4) is 0 Å². The highest BCUT2D eigenvalue weighted by molar-refractivity contribution is 5.89. The van der Waals surface area contributed by atoms with Crippen LogP contribution < -0.4 is 0 Å². The molecule has 4 atom stereocenters. The van der Waals surface area contributed by atoms with Crippen molar-refractivity contribution in [3.63, 3.8) is 0 Å². The van der Waals surface area contributed by atoms with Crippen molar-refractivity contribution in [3.05, 3.63) is 36.5 Å². The van der Waals surface area contributed by atoms with Crippen molar-refractivity contribution < 1.29 is 4.79 Å². The lowest BCUT2D eigenvalue weighted by atomic mass is 9.72. The smallest absolute Gasteiger partial charge is 0.147 e. The normalized spacial score (nSPS) is 45.4. The van der Waals surface area contributed by atoms with E-state index in [0.717, 1.165) is 0 Å². The largest absolute Gasteiger partial charge is 0.298 e. The van der Waals surface area contributed by atoms with Gasteiger partial charge in [-0.2, -0.15) is 0 Å². The Labute approximate surface area is 77.8 Å². The van der Waals surface area contributed by atoms with Gasteiger partial charge in [-0.05, 0) is 18.3 Å². The number of allylic oxidation sites excluding steroid dienone is 6. The highest BCUT2D eigenvalue weighted by atomic mass is 16.1. The van der Waals surface area contributed by atoms with E-state index in [4.69, 9.17) is 0 Å². The molecule has 1 heteroatoms. The van der Waals surface area contributed by atoms with E-state index in [1.807, 2.05) is 12.2 Å². The van der Waals surface area contributed by atoms with Crippen molar-refractivity contribution in [2.45, 2.75) is 6.42 Å². The summed E-state index contributed by atoms with van der Waals surface area (Å²) in [5, 5.41) is 0. The number of rotatable bonds is 0. The third-order valence-electron chi connectivity index (χ3n) is 3.48. The summed E-state index contributed by atoms with van der Waals surface area (Å²) in [5.74, 6) is 1.73. The van der Waals surface area contributed by atoms with Crippen LogP contribution in [0.1, 0.15) is 6.42 Å². The minimum absolute atomic E-state index is 0.162. The minimum atomic E-state index is 0.162. The van der Waals surface area contributed by atoms with Gasteiger partial charge in [0.05, 0.1) is 0 Å². The lowest BCUT2D eigenvalue weighted by Gasteiger charge is -2.30. The number of hydrogen-bond donors (Lipinski definition) is 0. The van der Waals surface area contributed by atoms with Gasteiger partial charge in [-0.1, -0.05) is 36.5 Å². The quantitative estimate of drug-likeness (QED) is 0.511. The molecule has 0 saturated heterocycles. The fourth-order valence-corrected chi connectivity index (χ4v) is 2.78. The summed E-state index contributed by atoms with van der Waals surface area (Å²) in [6.45, 7) is 0. The molecule has 0 aromatic heterocycles. The van der Waals surface area contributed by atoms with Crippen molar-refractivity contribution >= 4 is 5.78 Å². The molecule has 3 aliphatic carbocycles. The fourth-order valence-electron chi connectivity index (χ4n) is 2.78. The average Bonchev–Trinajstić information content (AvgIpc) is 2.51. The van der Waals surface area contributed by atoms with Gasteiger partial charge in [-0.25, -0.2) is 0 Å². The summed E-state index contributed by atoms with van der Waals surface area (Å²) in [7, 11) is 0. The molecule has 1 saturated carbocycles. The van der Waals surface area contributed by atoms with Crippen molar-refractivity contribution in [2.24, 2.45) is 23.7 Å². The zero-order valence-corrected chi connectivity index (χ0v) is 7.39. The van der Waals surface area contributed by atoms with Gasteiger partial charge >= 0.3 is 0 Å². The SMILES string of the molecule is O=C1C2C=CC=CC1[C@H]1C=C[C@@H]2C1. The van der Waals surface area contributed by atoms with E-state index in [9.17, 15) is 4.79 Å². The standard InChI is InChI=1S/C12H12O/c13-12-10-3-1-2-4-11(12)9-6-5-8(10)7-9/h1-6,8-11H,7H2/t8-,9+,10?,11?. The van der Waals surface area contributed by atoms with Crippen molar-refractivity contribution in [2.75, 3.05) is 0 Å². The van der Waals surface area contributed by atoms with E-state index >= 15 is 0 Å². The Kier molecular flexibility index (Phi) is 1.37. The third-order valence-corrected chi connectivity index (χ3v) is 3.48. The average molecular weight is 172 g/mol. The predicted molar refractivity (Wildman–Crippen MR) is 51.0 cm³/mol. The zero-order chi connectivity index (χ0) is 8.84. The summed E-state index contributed by atoms with van der Waals surface area (Å²) in [4.78, 5) is 11.9. The predicted octanol–water partition coefficient (Wildman–Crippen LogP) is 2.12. The first-order valence-electron chi connectivity index (χ1n) is 4.93. The van der Waals surface area contributed by atoms with Gasteiger partial charge in [-0.3, -0.25) is 4.79 Å². The van der Waals surface area contributed by atoms with Crippen LogP contribution in [-0.2, 0) is 4.79 Å². The summed E-state index contributed by atoms with van der Waals surface area (Å²) in [6, 6.07) is 0. The molecule has 0 amide bonds. The second kappa shape index (κ2) is 2.44. The summed E-state index contributed by atoms with van der Waals surface area (Å²) in [5.41, 5.74) is 0. The number of ketones is 1. The van der Waals surface area contributed by atoms with Crippen LogP contribution in [0.25, 0.3) is 0 Å². The van der Waals surface area contributed by atoms with Crippen molar-refractivity contribution in [1.82, 2.24) is 0 Å². The number of fused-ring (bicyclic) bond motifs is 6. The maximum absolute atomic E-state index is 11.9. The lowest BCUT2D eigenvalue weighted by molar-refractivity contribution is -0.127. The maximum atomic E-state index is 11.9. The van der Waals surface area contributed by atoms with Gasteiger partial charge in [0.25, 0.3) is 0 Å². The number of carbonyl (C=O) groups is 1. The number of Topliss-reactive ketones (excluding diaryl/α,β-unsaturated/α-hetero) is 1. The van der Waals surface area contributed by atoms with Crippen LogP contribution in [0.15, 0.2) is 36.5 Å². The highest BCUT2D eigenvalue weighted by Crippen LogP contribution is 2.43. The fraction of sp³-hybridized carbons (Fsp3) is 0.417. The highest BCUT2D eigenvalue weighted by Gasteiger charge is 2.42. The van der Waals surface area contributed by atoms with Gasteiger partial charge < -0.3 is 0 Å². The Bertz CT molecular complexity index is 305. The van der Waals surface area contributed by atoms with E-state index < -0.39 is 0 Å². The first-order chi connectivity index (χ1) is 6.36. The van der Waals surface area contributed by atoms with E-state index in [2.05, 4.69) is 24.3 Å². The van der Waals surface area contributed by atoms with Gasteiger partial charge in [0, 0.05) is 11.8 Å². The molecule has 0 N–H and O–H groups in total. The van der Waals surface area contributed by atoms with Crippen LogP contribution in [0.5, 0.6) is 0 Å². The number of hydrogen-bond acceptors (Lipinski definition) is 1. The monoisotopic (exact) mass is 172 g/mol. The zero-order valence-electron chi connectivity index (χ0n) is 7.39. The maximum Gasteiger partial charge on any atom is 0.147 e. The van der Waals surface area contributed by atoms with Crippen LogP contribution in [0, 0.1) is 23.7 Å². The second-order valence-electron chi connectivity index (χ2n) is 4.17. The summed E-state index contributed by atoms with van der Waals surface area (Å²) in [6.07, 6.45) is 13.8. The summed E-state index contributed by atoms with van der Waals surface area (Å²) < 4.78 is 0. The molecule has 66 valence electrons. The van der Waals surface area contributed by atoms with Gasteiger partial charge in [0.2, 0.25) is 0 Å². The molecule has 0 aliphatic heterocycles. The van der Waals surface area contributed by atoms with Crippen LogP contribution in [0.4, 0.5) is 0 Å². The Morgan fingerprint density at radius 1 is 0.923 bits per heavy atom. The topological polar surface area (TPSA) is 17.1 Å². The van der Waals surface area contributed by atoms with E-state index in [1.54, 1.807) is 0 Å². The molecule has 1 fully saturated rings. The molecule has 0 radical (unpaired) electrons. The van der Waals surface area contributed by atoms with Gasteiger partial charge in [0.15, 0.2) is 0 Å². The first kappa shape index (κ1) is 7.31. The molecule has 0 aromatic carbocycles. The minimum Gasteiger partial charge on any atom is -0.298 e. The Morgan fingerprint density at radius 2 is 1.46 bits per heavy atom. The summed E-state index contributed by atoms with van der Waals surface area (Å²) >= 11 is 0. The third kappa shape index (κ3) is 0.902. The first-order valence-corrected chi connectivity index (χ1v) is 4.93. The van der Waals surface area contributed by atoms with Crippen LogP contribution in [0.2, 0.25) is 0 Å². The Hall–Kier alpha value is -1.11. The van der Waals surface area contributed by atoms with Gasteiger partial charge in [0.1, 0.15) is 5.78 Å². The van der Waals surface area contributed by atoms with Crippen LogP contribution in [-0.4, -0.2) is 5.78 Å². The Morgan fingerprint density at radius 3 is 2.00 bits per heavy atom. The Balaban J connectivity index is 2.11. The molecule has 3 aliphatic rings. The van der Waals surface area contributed by atoms with Crippen molar-refractivity contribution in [3.8, 4) is 0 Å². The molecule has 0 heterocycles. The van der Waals surface area contributed by atoms with E-state index in [1.165, 1.54) is 6.42 Å². The lowest BCUT2D eigenvalue weighted by Crippen LogP contribution is -2.34. The molecular weight excluding hydrogens is 160 g/mol. The molecule has 4 bridgehead atoms. The molecule has 0 aromatic rings. The van der Waals surface area contributed by atoms with Gasteiger partial charge in [-0.15, -0.1) is 0 Å². The second-order valence-corrected chi connectivity index (χ2v) is 4.17. The van der Waals surface area contributed by atoms with E-state index in [-0.39, 0.29) is 11.8 Å². The molecule has 0 spiro atoms. The molecule has 1 nitrogen and oxygen atoms in total. The van der Waals surface area contributed by atoms with E-state index in [0.29, 0.717) is 17.6 Å².